The van der Waals surface area contributed by atoms with Gasteiger partial charge >= 0.3 is 11.9 Å². The second-order valence-corrected chi connectivity index (χ2v) is 7.00. The maximum Gasteiger partial charge on any atom is 0.414 e. The van der Waals surface area contributed by atoms with Gasteiger partial charge < -0.3 is 29.2 Å². The summed E-state index contributed by atoms with van der Waals surface area (Å²) in [5.41, 5.74) is 1.09. The molecule has 1 saturated heterocycles. The number of carboxylic acid groups (broad SMARTS) is 2. The zero-order valence-corrected chi connectivity index (χ0v) is 18.6. The summed E-state index contributed by atoms with van der Waals surface area (Å²) in [5, 5.41) is 14.8. The van der Waals surface area contributed by atoms with Crippen LogP contribution in [0.15, 0.2) is 24.3 Å². The number of nitrogens with zero attached hydrogens (tertiary/aromatic N) is 1. The predicted molar refractivity (Wildman–Crippen MR) is 116 cm³/mol. The summed E-state index contributed by atoms with van der Waals surface area (Å²) in [7, 11) is 1.66. The van der Waals surface area contributed by atoms with Gasteiger partial charge in [-0.15, -0.1) is 0 Å². The molecule has 174 valence electrons. The van der Waals surface area contributed by atoms with Crippen LogP contribution in [-0.2, 0) is 19.1 Å². The number of aliphatic carboxylic acids is 2. The maximum atomic E-state index is 9.10. The Labute approximate surface area is 183 Å². The van der Waals surface area contributed by atoms with E-state index in [1.165, 1.54) is 0 Å². The standard InChI is InChI=1S/C20H31NO4.C2H2O4/c1-5-6-18-7-8-19(20(13-18)22-4)24-12-11-23-10-9-21-14-16(2)25-17(3)15-21;3-1(4)2(5)6/h5-8,13,16-17H,9-12,14-15H2,1-4H3;(H,3,4)(H,5,6)/b6-5+;. The fourth-order valence-electron chi connectivity index (χ4n) is 3.07. The van der Waals surface area contributed by atoms with E-state index in [1.54, 1.807) is 7.11 Å². The highest BCUT2D eigenvalue weighted by Gasteiger charge is 2.21. The van der Waals surface area contributed by atoms with Gasteiger partial charge in [0.15, 0.2) is 11.5 Å². The number of hydrogen-bond acceptors (Lipinski definition) is 7. The van der Waals surface area contributed by atoms with E-state index < -0.39 is 11.9 Å². The van der Waals surface area contributed by atoms with Crippen molar-refractivity contribution in [2.75, 3.05) is 46.6 Å². The number of benzene rings is 1. The zero-order valence-electron chi connectivity index (χ0n) is 18.6. The van der Waals surface area contributed by atoms with Crippen LogP contribution in [0.3, 0.4) is 0 Å². The van der Waals surface area contributed by atoms with Crippen LogP contribution in [0.25, 0.3) is 6.08 Å². The Bertz CT molecular complexity index is 699. The van der Waals surface area contributed by atoms with Crippen LogP contribution in [0.4, 0.5) is 0 Å². The Balaban J connectivity index is 0.000000703. The Morgan fingerprint density at radius 1 is 1.10 bits per heavy atom. The molecule has 2 N–H and O–H groups in total. The largest absolute Gasteiger partial charge is 0.493 e. The van der Waals surface area contributed by atoms with Crippen LogP contribution < -0.4 is 9.47 Å². The molecule has 0 amide bonds. The number of allylic oxidation sites excluding steroid dienone is 1. The fourth-order valence-corrected chi connectivity index (χ4v) is 3.07. The molecule has 1 aliphatic rings. The Kier molecular flexibility index (Phi) is 12.3. The van der Waals surface area contributed by atoms with E-state index in [4.69, 9.17) is 38.7 Å². The summed E-state index contributed by atoms with van der Waals surface area (Å²) in [6.07, 6.45) is 4.62. The van der Waals surface area contributed by atoms with E-state index in [2.05, 4.69) is 18.7 Å². The SMILES string of the molecule is C/C=C/c1ccc(OCCOCCN2CC(C)OC(C)C2)c(OC)c1.O=C(O)C(=O)O. The van der Waals surface area contributed by atoms with Gasteiger partial charge in [0.05, 0.1) is 32.5 Å². The number of morpholine rings is 1. The van der Waals surface area contributed by atoms with E-state index in [0.29, 0.717) is 32.0 Å². The van der Waals surface area contributed by atoms with Crippen molar-refractivity contribution >= 4 is 18.0 Å². The number of carbonyl (C=O) groups is 2. The molecular formula is C22H33NO8. The van der Waals surface area contributed by atoms with Crippen LogP contribution in [0.5, 0.6) is 11.5 Å². The maximum absolute atomic E-state index is 9.10. The van der Waals surface area contributed by atoms with Crippen LogP contribution >= 0.6 is 0 Å². The highest BCUT2D eigenvalue weighted by molar-refractivity contribution is 6.27. The second-order valence-electron chi connectivity index (χ2n) is 7.00. The smallest absolute Gasteiger partial charge is 0.414 e. The average molecular weight is 440 g/mol. The molecule has 1 heterocycles. The molecular weight excluding hydrogens is 406 g/mol. The normalized spacial score (nSPS) is 18.8. The first-order valence-electron chi connectivity index (χ1n) is 10.1. The lowest BCUT2D eigenvalue weighted by molar-refractivity contribution is -0.159. The summed E-state index contributed by atoms with van der Waals surface area (Å²) >= 11 is 0. The molecule has 0 aliphatic carbocycles. The van der Waals surface area contributed by atoms with E-state index in [0.717, 1.165) is 36.7 Å². The van der Waals surface area contributed by atoms with Gasteiger partial charge in [0, 0.05) is 19.6 Å². The summed E-state index contributed by atoms with van der Waals surface area (Å²) in [5.74, 6) is -2.16. The first-order chi connectivity index (χ1) is 14.8. The molecule has 9 heteroatoms. The van der Waals surface area contributed by atoms with Gasteiger partial charge in [0.25, 0.3) is 0 Å². The Morgan fingerprint density at radius 3 is 2.29 bits per heavy atom. The first-order valence-corrected chi connectivity index (χ1v) is 10.1. The van der Waals surface area contributed by atoms with Crippen molar-refractivity contribution in [2.24, 2.45) is 0 Å². The summed E-state index contributed by atoms with van der Waals surface area (Å²) < 4.78 is 22.6. The van der Waals surface area contributed by atoms with Crippen LogP contribution in [0, 0.1) is 0 Å². The molecule has 0 bridgehead atoms. The minimum Gasteiger partial charge on any atom is -0.493 e. The van der Waals surface area contributed by atoms with Gasteiger partial charge in [-0.25, -0.2) is 9.59 Å². The monoisotopic (exact) mass is 439 g/mol. The van der Waals surface area contributed by atoms with Crippen molar-refractivity contribution in [3.8, 4) is 11.5 Å². The molecule has 0 saturated carbocycles. The van der Waals surface area contributed by atoms with E-state index >= 15 is 0 Å². The van der Waals surface area contributed by atoms with Crippen LogP contribution in [0.1, 0.15) is 26.3 Å². The van der Waals surface area contributed by atoms with Gasteiger partial charge in [0.1, 0.15) is 6.61 Å². The van der Waals surface area contributed by atoms with Gasteiger partial charge in [0.2, 0.25) is 0 Å². The molecule has 2 unspecified atom stereocenters. The van der Waals surface area contributed by atoms with Crippen molar-refractivity contribution in [1.82, 2.24) is 4.90 Å². The molecule has 1 fully saturated rings. The quantitative estimate of drug-likeness (QED) is 0.442. The molecule has 0 spiro atoms. The molecule has 0 aromatic heterocycles. The first kappa shape index (κ1) is 26.4. The third-order valence-electron chi connectivity index (χ3n) is 4.26. The molecule has 1 aromatic carbocycles. The molecule has 1 aliphatic heterocycles. The van der Waals surface area contributed by atoms with Gasteiger partial charge in [-0.3, -0.25) is 4.90 Å². The van der Waals surface area contributed by atoms with Gasteiger partial charge in [-0.1, -0.05) is 18.2 Å². The lowest BCUT2D eigenvalue weighted by Crippen LogP contribution is -2.46. The average Bonchev–Trinajstić information content (AvgIpc) is 2.71. The minimum atomic E-state index is -1.82. The Morgan fingerprint density at radius 2 is 1.74 bits per heavy atom. The van der Waals surface area contributed by atoms with E-state index in [1.807, 2.05) is 37.3 Å². The number of hydrogen-bond donors (Lipinski definition) is 2. The fraction of sp³-hybridized carbons (Fsp3) is 0.545. The van der Waals surface area contributed by atoms with Crippen molar-refractivity contribution in [1.29, 1.82) is 0 Å². The third-order valence-corrected chi connectivity index (χ3v) is 4.26. The molecule has 0 radical (unpaired) electrons. The zero-order chi connectivity index (χ0) is 23.2. The van der Waals surface area contributed by atoms with E-state index in [9.17, 15) is 0 Å². The minimum absolute atomic E-state index is 0.296. The van der Waals surface area contributed by atoms with Gasteiger partial charge in [-0.2, -0.15) is 0 Å². The number of ether oxygens (including phenoxy) is 4. The predicted octanol–water partition coefficient (Wildman–Crippen LogP) is 2.39. The van der Waals surface area contributed by atoms with Crippen LogP contribution in [0.2, 0.25) is 0 Å². The molecule has 9 nitrogen and oxygen atoms in total. The molecule has 2 atom stereocenters. The number of rotatable bonds is 9. The topological polar surface area (TPSA) is 115 Å². The highest BCUT2D eigenvalue weighted by atomic mass is 16.5. The lowest BCUT2D eigenvalue weighted by atomic mass is 10.2. The number of methoxy groups -OCH3 is 1. The molecule has 2 rings (SSSR count). The van der Waals surface area contributed by atoms with E-state index in [-0.39, 0.29) is 0 Å². The second kappa shape index (κ2) is 14.4. The van der Waals surface area contributed by atoms with Crippen molar-refractivity contribution in [3.05, 3.63) is 29.8 Å². The van der Waals surface area contributed by atoms with Crippen LogP contribution in [-0.4, -0.2) is 85.8 Å². The Hall–Kier alpha value is -2.62. The number of carboxylic acids is 2. The van der Waals surface area contributed by atoms with Crippen molar-refractivity contribution < 1.29 is 38.7 Å². The highest BCUT2D eigenvalue weighted by Crippen LogP contribution is 2.28. The van der Waals surface area contributed by atoms with Crippen molar-refractivity contribution in [3.63, 3.8) is 0 Å². The summed E-state index contributed by atoms with van der Waals surface area (Å²) in [6.45, 7) is 10.9. The molecule has 31 heavy (non-hydrogen) atoms. The molecule has 1 aromatic rings. The lowest BCUT2D eigenvalue weighted by Gasteiger charge is -2.35. The van der Waals surface area contributed by atoms with Crippen molar-refractivity contribution in [2.45, 2.75) is 33.0 Å². The summed E-state index contributed by atoms with van der Waals surface area (Å²) in [6, 6.07) is 5.92. The third kappa shape index (κ3) is 10.8. The summed E-state index contributed by atoms with van der Waals surface area (Å²) in [4.78, 5) is 20.6. The van der Waals surface area contributed by atoms with Gasteiger partial charge in [-0.05, 0) is 38.5 Å².